The van der Waals surface area contributed by atoms with Gasteiger partial charge in [0.05, 0.1) is 18.9 Å². The molecule has 3 aromatic rings. The Bertz CT molecular complexity index is 1080. The van der Waals surface area contributed by atoms with Gasteiger partial charge in [-0.1, -0.05) is 30.3 Å². The van der Waals surface area contributed by atoms with Crippen molar-refractivity contribution in [1.82, 2.24) is 10.3 Å². The first-order valence-corrected chi connectivity index (χ1v) is 9.73. The van der Waals surface area contributed by atoms with Gasteiger partial charge in [-0.2, -0.15) is 0 Å². The van der Waals surface area contributed by atoms with E-state index in [2.05, 4.69) is 27.8 Å². The van der Waals surface area contributed by atoms with Gasteiger partial charge in [0.25, 0.3) is 0 Å². The minimum atomic E-state index is -0.667. The van der Waals surface area contributed by atoms with E-state index in [0.717, 1.165) is 34.9 Å². The first-order chi connectivity index (χ1) is 14.1. The summed E-state index contributed by atoms with van der Waals surface area (Å²) in [6.07, 6.45) is 4.99. The molecule has 0 saturated carbocycles. The summed E-state index contributed by atoms with van der Waals surface area (Å²) in [5.41, 5.74) is 5.21. The van der Waals surface area contributed by atoms with Crippen molar-refractivity contribution in [3.63, 3.8) is 0 Å². The second-order valence-electron chi connectivity index (χ2n) is 7.22. The van der Waals surface area contributed by atoms with Crippen LogP contribution in [0.3, 0.4) is 0 Å². The number of benzene rings is 2. The van der Waals surface area contributed by atoms with E-state index in [1.54, 1.807) is 12.4 Å². The molecule has 6 heteroatoms. The van der Waals surface area contributed by atoms with Gasteiger partial charge in [-0.05, 0) is 48.1 Å². The molecule has 0 saturated heterocycles. The van der Waals surface area contributed by atoms with Crippen LogP contribution >= 0.6 is 0 Å². The Morgan fingerprint density at radius 1 is 1.10 bits per heavy atom. The van der Waals surface area contributed by atoms with E-state index in [4.69, 9.17) is 4.74 Å². The highest BCUT2D eigenvalue weighted by Gasteiger charge is 2.16. The maximum absolute atomic E-state index is 12.4. The quantitative estimate of drug-likeness (QED) is 0.673. The molecule has 148 valence electrons. The van der Waals surface area contributed by atoms with E-state index in [1.165, 1.54) is 11.1 Å². The standard InChI is InChI=1S/C23H23N3O3/c1-15-2-4-18-13-24-9-7-20(18)21(15)26-23(28)22(27)25-10-6-16-3-5-19-14-29-11-8-17(19)12-16/h2-5,7,9,12-13H,6,8,10-11,14H2,1H3,(H,25,27)(H,26,28). The third-order valence-corrected chi connectivity index (χ3v) is 5.22. The number of hydrogen-bond donors (Lipinski definition) is 2. The van der Waals surface area contributed by atoms with E-state index < -0.39 is 11.8 Å². The second kappa shape index (κ2) is 8.41. The summed E-state index contributed by atoms with van der Waals surface area (Å²) in [6, 6.07) is 12.0. The van der Waals surface area contributed by atoms with Gasteiger partial charge in [0.2, 0.25) is 0 Å². The second-order valence-corrected chi connectivity index (χ2v) is 7.22. The molecule has 0 spiro atoms. The highest BCUT2D eigenvalue weighted by Crippen LogP contribution is 2.26. The first-order valence-electron chi connectivity index (χ1n) is 9.73. The Kier molecular flexibility index (Phi) is 5.53. The van der Waals surface area contributed by atoms with E-state index in [1.807, 2.05) is 31.2 Å². The average molecular weight is 389 g/mol. The molecule has 0 fully saturated rings. The number of carbonyl (C=O) groups excluding carboxylic acids is 2. The van der Waals surface area contributed by atoms with Crippen LogP contribution in [0.5, 0.6) is 0 Å². The van der Waals surface area contributed by atoms with Crippen LogP contribution in [0.2, 0.25) is 0 Å². The number of pyridine rings is 1. The highest BCUT2D eigenvalue weighted by molar-refractivity contribution is 6.40. The van der Waals surface area contributed by atoms with Crippen molar-refractivity contribution < 1.29 is 14.3 Å². The number of aryl methyl sites for hydroxylation is 1. The maximum Gasteiger partial charge on any atom is 0.313 e. The van der Waals surface area contributed by atoms with Gasteiger partial charge in [0, 0.05) is 29.7 Å². The van der Waals surface area contributed by atoms with Crippen molar-refractivity contribution in [3.8, 4) is 0 Å². The zero-order chi connectivity index (χ0) is 20.2. The number of nitrogens with one attached hydrogen (secondary N) is 2. The molecule has 2 heterocycles. The molecule has 1 aliphatic rings. The van der Waals surface area contributed by atoms with E-state index in [0.29, 0.717) is 25.3 Å². The molecular formula is C23H23N3O3. The average Bonchev–Trinajstić information content (AvgIpc) is 2.75. The van der Waals surface area contributed by atoms with Crippen LogP contribution in [-0.4, -0.2) is 29.9 Å². The van der Waals surface area contributed by atoms with Gasteiger partial charge < -0.3 is 15.4 Å². The maximum atomic E-state index is 12.4. The lowest BCUT2D eigenvalue weighted by Gasteiger charge is -2.17. The summed E-state index contributed by atoms with van der Waals surface area (Å²) in [5, 5.41) is 7.23. The molecule has 0 unspecified atom stereocenters. The van der Waals surface area contributed by atoms with E-state index >= 15 is 0 Å². The Morgan fingerprint density at radius 3 is 2.90 bits per heavy atom. The normalized spacial score (nSPS) is 13.0. The van der Waals surface area contributed by atoms with Gasteiger partial charge in [-0.15, -0.1) is 0 Å². The third kappa shape index (κ3) is 4.27. The molecule has 2 N–H and O–H groups in total. The van der Waals surface area contributed by atoms with Gasteiger partial charge >= 0.3 is 11.8 Å². The number of fused-ring (bicyclic) bond motifs is 2. The fourth-order valence-corrected chi connectivity index (χ4v) is 3.59. The Hall–Kier alpha value is -3.25. The van der Waals surface area contributed by atoms with Crippen LogP contribution in [-0.2, 0) is 33.8 Å². The number of rotatable bonds is 4. The Labute approximate surface area is 169 Å². The molecular weight excluding hydrogens is 366 g/mol. The van der Waals surface area contributed by atoms with Crippen molar-refractivity contribution in [2.45, 2.75) is 26.4 Å². The molecule has 1 aromatic heterocycles. The predicted octanol–water partition coefficient (Wildman–Crippen LogP) is 2.91. The monoisotopic (exact) mass is 389 g/mol. The number of hydrogen-bond acceptors (Lipinski definition) is 4. The lowest BCUT2D eigenvalue weighted by atomic mass is 9.99. The lowest BCUT2D eigenvalue weighted by Crippen LogP contribution is -2.36. The van der Waals surface area contributed by atoms with E-state index in [-0.39, 0.29) is 0 Å². The number of anilines is 1. The zero-order valence-electron chi connectivity index (χ0n) is 16.3. The highest BCUT2D eigenvalue weighted by atomic mass is 16.5. The van der Waals surface area contributed by atoms with E-state index in [9.17, 15) is 9.59 Å². The lowest BCUT2D eigenvalue weighted by molar-refractivity contribution is -0.136. The van der Waals surface area contributed by atoms with Crippen LogP contribution in [0.4, 0.5) is 5.69 Å². The van der Waals surface area contributed by atoms with Crippen LogP contribution in [0.25, 0.3) is 10.8 Å². The number of amides is 2. The third-order valence-electron chi connectivity index (χ3n) is 5.22. The number of carbonyl (C=O) groups is 2. The minimum absolute atomic E-state index is 0.403. The van der Waals surface area contributed by atoms with Crippen LogP contribution in [0.15, 0.2) is 48.8 Å². The summed E-state index contributed by atoms with van der Waals surface area (Å²) in [4.78, 5) is 28.8. The minimum Gasteiger partial charge on any atom is -0.376 e. The molecule has 29 heavy (non-hydrogen) atoms. The molecule has 4 rings (SSSR count). The first kappa shape index (κ1) is 19.1. The topological polar surface area (TPSA) is 80.3 Å². The summed E-state index contributed by atoms with van der Waals surface area (Å²) in [6.45, 7) is 3.71. The smallest absolute Gasteiger partial charge is 0.313 e. The molecule has 6 nitrogen and oxygen atoms in total. The summed E-state index contributed by atoms with van der Waals surface area (Å²) in [5.74, 6) is -1.30. The molecule has 2 amide bonds. The van der Waals surface area contributed by atoms with Gasteiger partial charge in [-0.25, -0.2) is 0 Å². The Balaban J connectivity index is 1.36. The number of nitrogens with zero attached hydrogens (tertiary/aromatic N) is 1. The zero-order valence-corrected chi connectivity index (χ0v) is 16.3. The largest absolute Gasteiger partial charge is 0.376 e. The molecule has 0 aliphatic carbocycles. The molecule has 2 aromatic carbocycles. The van der Waals surface area contributed by atoms with Crippen LogP contribution in [0.1, 0.15) is 22.3 Å². The predicted molar refractivity (Wildman–Crippen MR) is 112 cm³/mol. The van der Waals surface area contributed by atoms with Gasteiger partial charge in [-0.3, -0.25) is 14.6 Å². The van der Waals surface area contributed by atoms with Crippen molar-refractivity contribution in [1.29, 1.82) is 0 Å². The van der Waals surface area contributed by atoms with Gasteiger partial charge in [0.1, 0.15) is 0 Å². The fraction of sp³-hybridized carbons (Fsp3) is 0.261. The van der Waals surface area contributed by atoms with Crippen molar-refractivity contribution in [3.05, 3.63) is 71.0 Å². The van der Waals surface area contributed by atoms with Crippen molar-refractivity contribution >= 4 is 28.3 Å². The molecule has 1 aliphatic heterocycles. The summed E-state index contributed by atoms with van der Waals surface area (Å²) >= 11 is 0. The summed E-state index contributed by atoms with van der Waals surface area (Å²) < 4.78 is 5.45. The Morgan fingerprint density at radius 2 is 2.00 bits per heavy atom. The SMILES string of the molecule is Cc1ccc2cnccc2c1NC(=O)C(=O)NCCc1ccc2c(c1)CCOC2. The van der Waals surface area contributed by atoms with Crippen molar-refractivity contribution in [2.24, 2.45) is 0 Å². The van der Waals surface area contributed by atoms with Crippen LogP contribution in [0, 0.1) is 6.92 Å². The van der Waals surface area contributed by atoms with Crippen molar-refractivity contribution in [2.75, 3.05) is 18.5 Å². The van der Waals surface area contributed by atoms with Gasteiger partial charge in [0.15, 0.2) is 0 Å². The molecule has 0 atom stereocenters. The summed E-state index contributed by atoms with van der Waals surface area (Å²) in [7, 11) is 0. The fourth-order valence-electron chi connectivity index (χ4n) is 3.59. The molecule has 0 bridgehead atoms. The number of aromatic nitrogens is 1. The molecule has 0 radical (unpaired) electrons. The number of ether oxygens (including phenoxy) is 1. The van der Waals surface area contributed by atoms with Crippen LogP contribution < -0.4 is 10.6 Å².